The number of carbonyl (C=O) groups is 1. The maximum Gasteiger partial charge on any atom is 0.407 e. The Balaban J connectivity index is 1.46. The highest BCUT2D eigenvalue weighted by atomic mass is 19.2. The predicted molar refractivity (Wildman–Crippen MR) is 128 cm³/mol. The molecule has 0 spiro atoms. The van der Waals surface area contributed by atoms with Crippen molar-refractivity contribution in [2.75, 3.05) is 7.11 Å². The van der Waals surface area contributed by atoms with Gasteiger partial charge in [0, 0.05) is 55.5 Å². The van der Waals surface area contributed by atoms with Crippen LogP contribution in [0.4, 0.5) is 18.0 Å². The molecule has 0 saturated heterocycles. The Kier molecular flexibility index (Phi) is 7.01. The second kappa shape index (κ2) is 10.4. The Morgan fingerprint density at radius 1 is 1.11 bits per heavy atom. The van der Waals surface area contributed by atoms with E-state index in [1.165, 1.54) is 12.0 Å². The standard InChI is InChI=1S/C27H27F3N4O3/c1-37-26-31-12-17-14-33(15-24(17)32-26)18-7-8-19(20-10-22(29)23(30)11-21(20)28)25(9-18)34(27(35)36)13-16-5-3-2-4-6-16/h2-6,10-12,18-19,25H,7-9,13-15H2,1H3,(H,35,36)/t18-,19+,25-/m0/s1. The number of benzene rings is 2. The molecule has 1 aromatic heterocycles. The summed E-state index contributed by atoms with van der Waals surface area (Å²) in [4.78, 5) is 24.7. The van der Waals surface area contributed by atoms with Crippen LogP contribution >= 0.6 is 0 Å². The van der Waals surface area contributed by atoms with E-state index in [1.54, 1.807) is 6.20 Å². The quantitative estimate of drug-likeness (QED) is 0.463. The van der Waals surface area contributed by atoms with E-state index in [0.29, 0.717) is 38.4 Å². The van der Waals surface area contributed by atoms with Gasteiger partial charge in [0.15, 0.2) is 11.6 Å². The Bertz CT molecular complexity index is 1290. The first-order valence-electron chi connectivity index (χ1n) is 12.1. The first-order valence-corrected chi connectivity index (χ1v) is 12.1. The number of halogens is 3. The molecule has 7 nitrogen and oxygen atoms in total. The Hall–Kier alpha value is -3.66. The number of rotatable bonds is 6. The van der Waals surface area contributed by atoms with Crippen LogP contribution in [-0.4, -0.2) is 50.2 Å². The van der Waals surface area contributed by atoms with Gasteiger partial charge >= 0.3 is 12.1 Å². The predicted octanol–water partition coefficient (Wildman–Crippen LogP) is 5.10. The molecule has 0 radical (unpaired) electrons. The van der Waals surface area contributed by atoms with Gasteiger partial charge in [0.2, 0.25) is 0 Å². The molecule has 2 heterocycles. The summed E-state index contributed by atoms with van der Waals surface area (Å²) in [6.45, 7) is 1.26. The van der Waals surface area contributed by atoms with Gasteiger partial charge in [-0.1, -0.05) is 30.3 Å². The molecule has 1 aliphatic heterocycles. The van der Waals surface area contributed by atoms with Crippen LogP contribution in [0, 0.1) is 17.5 Å². The lowest BCUT2D eigenvalue weighted by atomic mass is 9.76. The zero-order valence-electron chi connectivity index (χ0n) is 20.3. The Morgan fingerprint density at radius 2 is 1.86 bits per heavy atom. The van der Waals surface area contributed by atoms with Gasteiger partial charge in [0.1, 0.15) is 5.82 Å². The maximum atomic E-state index is 14.9. The van der Waals surface area contributed by atoms with Crippen molar-refractivity contribution < 1.29 is 27.8 Å². The van der Waals surface area contributed by atoms with E-state index in [0.717, 1.165) is 22.9 Å². The van der Waals surface area contributed by atoms with Crippen LogP contribution < -0.4 is 4.74 Å². The third-order valence-electron chi connectivity index (χ3n) is 7.43. The fourth-order valence-corrected chi connectivity index (χ4v) is 5.61. The van der Waals surface area contributed by atoms with E-state index in [2.05, 4.69) is 14.9 Å². The number of amides is 1. The van der Waals surface area contributed by atoms with Crippen LogP contribution in [0.2, 0.25) is 0 Å². The summed E-state index contributed by atoms with van der Waals surface area (Å²) in [5, 5.41) is 10.2. The number of carboxylic acid groups (broad SMARTS) is 1. The fourth-order valence-electron chi connectivity index (χ4n) is 5.61. The number of fused-ring (bicyclic) bond motifs is 1. The van der Waals surface area contributed by atoms with Gasteiger partial charge in [-0.15, -0.1) is 0 Å². The molecule has 1 amide bonds. The highest BCUT2D eigenvalue weighted by Crippen LogP contribution is 2.41. The number of ether oxygens (including phenoxy) is 1. The second-order valence-corrected chi connectivity index (χ2v) is 9.56. The van der Waals surface area contributed by atoms with Crippen LogP contribution in [0.5, 0.6) is 6.01 Å². The van der Waals surface area contributed by atoms with Gasteiger partial charge in [0.25, 0.3) is 0 Å². The van der Waals surface area contributed by atoms with Crippen molar-refractivity contribution >= 4 is 6.09 Å². The van der Waals surface area contributed by atoms with Crippen molar-refractivity contribution in [1.82, 2.24) is 19.8 Å². The lowest BCUT2D eigenvalue weighted by Crippen LogP contribution is -2.50. The van der Waals surface area contributed by atoms with Gasteiger partial charge in [-0.05, 0) is 36.5 Å². The van der Waals surface area contributed by atoms with E-state index in [-0.39, 0.29) is 24.2 Å². The minimum absolute atomic E-state index is 0.00183. The Morgan fingerprint density at radius 3 is 2.59 bits per heavy atom. The molecular formula is C27H27F3N4O3. The Labute approximate surface area is 212 Å². The largest absolute Gasteiger partial charge is 0.467 e. The lowest BCUT2D eigenvalue weighted by Gasteiger charge is -2.44. The van der Waals surface area contributed by atoms with Gasteiger partial charge in [-0.25, -0.2) is 22.9 Å². The molecule has 10 heteroatoms. The van der Waals surface area contributed by atoms with E-state index < -0.39 is 35.5 Å². The van der Waals surface area contributed by atoms with Crippen LogP contribution in [-0.2, 0) is 19.6 Å². The lowest BCUT2D eigenvalue weighted by molar-refractivity contribution is 0.0596. The van der Waals surface area contributed by atoms with Crippen molar-refractivity contribution in [3.63, 3.8) is 0 Å². The highest BCUT2D eigenvalue weighted by Gasteiger charge is 2.41. The summed E-state index contributed by atoms with van der Waals surface area (Å²) in [6, 6.07) is 10.2. The molecule has 3 atom stereocenters. The first-order chi connectivity index (χ1) is 17.8. The minimum atomic E-state index is -1.27. The SMILES string of the molecule is COc1ncc2c(n1)CN([C@H]1CC[C@H](c3cc(F)c(F)cc3F)[C@@H](N(Cc3ccccc3)C(=O)O)C1)C2. The number of methoxy groups -OCH3 is 1. The summed E-state index contributed by atoms with van der Waals surface area (Å²) in [5.74, 6) is -3.91. The third-order valence-corrected chi connectivity index (χ3v) is 7.43. The number of aromatic nitrogens is 2. The van der Waals surface area contributed by atoms with Crippen molar-refractivity contribution in [3.05, 3.63) is 88.5 Å². The number of hydrogen-bond acceptors (Lipinski definition) is 5. The van der Waals surface area contributed by atoms with Crippen molar-refractivity contribution in [2.45, 2.75) is 56.9 Å². The van der Waals surface area contributed by atoms with Crippen LogP contribution in [0.15, 0.2) is 48.7 Å². The summed E-state index contributed by atoms with van der Waals surface area (Å²) in [7, 11) is 1.50. The van der Waals surface area contributed by atoms with Gasteiger partial charge in [0.05, 0.1) is 12.8 Å². The van der Waals surface area contributed by atoms with E-state index >= 15 is 0 Å². The minimum Gasteiger partial charge on any atom is -0.467 e. The van der Waals surface area contributed by atoms with Crippen molar-refractivity contribution in [1.29, 1.82) is 0 Å². The highest BCUT2D eigenvalue weighted by molar-refractivity contribution is 5.66. The van der Waals surface area contributed by atoms with Gasteiger partial charge < -0.3 is 14.7 Å². The van der Waals surface area contributed by atoms with Gasteiger partial charge in [-0.2, -0.15) is 4.98 Å². The molecule has 37 heavy (non-hydrogen) atoms. The topological polar surface area (TPSA) is 78.8 Å². The zero-order valence-corrected chi connectivity index (χ0v) is 20.3. The molecule has 1 aliphatic carbocycles. The second-order valence-electron chi connectivity index (χ2n) is 9.56. The van der Waals surface area contributed by atoms with Crippen LogP contribution in [0.25, 0.3) is 0 Å². The normalized spacial score (nSPS) is 21.5. The first kappa shape index (κ1) is 25.0. The number of hydrogen-bond donors (Lipinski definition) is 1. The molecular weight excluding hydrogens is 485 g/mol. The molecule has 1 saturated carbocycles. The van der Waals surface area contributed by atoms with Crippen molar-refractivity contribution in [2.24, 2.45) is 0 Å². The fraction of sp³-hybridized carbons (Fsp3) is 0.370. The molecule has 2 aliphatic rings. The third kappa shape index (κ3) is 5.11. The average molecular weight is 513 g/mol. The zero-order chi connectivity index (χ0) is 26.1. The molecule has 5 rings (SSSR count). The van der Waals surface area contributed by atoms with E-state index in [4.69, 9.17) is 4.74 Å². The molecule has 1 fully saturated rings. The molecule has 1 N–H and O–H groups in total. The van der Waals surface area contributed by atoms with E-state index in [9.17, 15) is 23.1 Å². The van der Waals surface area contributed by atoms with Crippen LogP contribution in [0.1, 0.15) is 47.6 Å². The smallest absolute Gasteiger partial charge is 0.407 e. The molecule has 194 valence electrons. The summed E-state index contributed by atoms with van der Waals surface area (Å²) >= 11 is 0. The van der Waals surface area contributed by atoms with Crippen LogP contribution in [0.3, 0.4) is 0 Å². The summed E-state index contributed by atoms with van der Waals surface area (Å²) in [5.41, 5.74) is 2.62. The molecule has 2 aromatic carbocycles. The monoisotopic (exact) mass is 512 g/mol. The summed E-state index contributed by atoms with van der Waals surface area (Å²) in [6.07, 6.45) is 2.04. The molecule has 0 unspecified atom stereocenters. The maximum absolute atomic E-state index is 14.9. The average Bonchev–Trinajstić information content (AvgIpc) is 3.33. The number of nitrogens with zero attached hydrogens (tertiary/aromatic N) is 4. The summed E-state index contributed by atoms with van der Waals surface area (Å²) < 4.78 is 47.9. The van der Waals surface area contributed by atoms with E-state index in [1.807, 2.05) is 30.3 Å². The van der Waals surface area contributed by atoms with Crippen molar-refractivity contribution in [3.8, 4) is 6.01 Å². The molecule has 3 aromatic rings. The van der Waals surface area contributed by atoms with Gasteiger partial charge in [-0.3, -0.25) is 4.90 Å². The molecule has 0 bridgehead atoms.